The maximum absolute atomic E-state index is 11.5. The topological polar surface area (TPSA) is 53.2 Å². The van der Waals surface area contributed by atoms with E-state index in [1.54, 1.807) is 0 Å². The number of rotatable bonds is 3. The highest BCUT2D eigenvalue weighted by atomic mass is 32.2. The number of para-hydroxylation sites is 1. The zero-order chi connectivity index (χ0) is 15.9. The largest absolute Gasteiger partial charge is 0.361 e. The normalized spacial score (nSPS) is 26.0. The number of hydrogen-bond acceptors (Lipinski definition) is 3. The Bertz CT molecular complexity index is 782. The van der Waals surface area contributed by atoms with Gasteiger partial charge in [0.15, 0.2) is 0 Å². The highest BCUT2D eigenvalue weighted by molar-refractivity contribution is 7.91. The summed E-state index contributed by atoms with van der Waals surface area (Å²) in [6.45, 7) is 3.30. The number of benzene rings is 1. The van der Waals surface area contributed by atoms with Crippen LogP contribution in [0.25, 0.3) is 10.9 Å². The summed E-state index contributed by atoms with van der Waals surface area (Å²) in [7, 11) is -2.74. The highest BCUT2D eigenvalue weighted by Gasteiger charge is 2.30. The Balaban J connectivity index is 1.40. The van der Waals surface area contributed by atoms with Crippen molar-refractivity contribution in [3.63, 3.8) is 0 Å². The number of H-pyrrole nitrogens is 1. The third-order valence-corrected chi connectivity index (χ3v) is 7.24. The standard InChI is InChI=1S/C18H24N2O2S/c21-23(22)9-6-14(7-10-23)12-20-8-5-15(13-20)17-11-19-18-4-2-1-3-16(17)18/h1-4,11,14-15,19H,5-10,12-13H2/t15-/m0/s1. The van der Waals surface area contributed by atoms with Gasteiger partial charge in [-0.3, -0.25) is 0 Å². The fourth-order valence-corrected chi connectivity index (χ4v) is 5.76. The Morgan fingerprint density at radius 1 is 1.13 bits per heavy atom. The molecule has 2 aromatic rings. The second-order valence-corrected chi connectivity index (χ2v) is 9.43. The van der Waals surface area contributed by atoms with Crippen molar-refractivity contribution in [2.24, 2.45) is 5.92 Å². The molecule has 2 saturated heterocycles. The Labute approximate surface area is 137 Å². The van der Waals surface area contributed by atoms with Crippen LogP contribution in [0.1, 0.15) is 30.7 Å². The summed E-state index contributed by atoms with van der Waals surface area (Å²) in [5, 5.41) is 1.35. The first-order valence-electron chi connectivity index (χ1n) is 8.59. The van der Waals surface area contributed by atoms with Crippen LogP contribution in [0, 0.1) is 5.92 Å². The minimum absolute atomic E-state index is 0.386. The van der Waals surface area contributed by atoms with Crippen molar-refractivity contribution in [3.8, 4) is 0 Å². The molecule has 0 spiro atoms. The van der Waals surface area contributed by atoms with Gasteiger partial charge in [-0.25, -0.2) is 8.42 Å². The van der Waals surface area contributed by atoms with E-state index in [9.17, 15) is 8.42 Å². The molecule has 3 heterocycles. The molecule has 0 aliphatic carbocycles. The van der Waals surface area contributed by atoms with Gasteiger partial charge < -0.3 is 9.88 Å². The molecule has 2 aliphatic rings. The molecule has 2 fully saturated rings. The Hall–Kier alpha value is -1.33. The van der Waals surface area contributed by atoms with E-state index in [0.717, 1.165) is 32.5 Å². The number of aromatic nitrogens is 1. The van der Waals surface area contributed by atoms with Gasteiger partial charge in [0, 0.05) is 30.2 Å². The molecule has 0 radical (unpaired) electrons. The third kappa shape index (κ3) is 3.17. The molecule has 0 bridgehead atoms. The van der Waals surface area contributed by atoms with Gasteiger partial charge in [0.05, 0.1) is 11.5 Å². The molecular formula is C18H24N2O2S. The van der Waals surface area contributed by atoms with Gasteiger partial charge in [-0.1, -0.05) is 18.2 Å². The van der Waals surface area contributed by atoms with Crippen LogP contribution in [-0.2, 0) is 9.84 Å². The van der Waals surface area contributed by atoms with Gasteiger partial charge in [-0.2, -0.15) is 0 Å². The molecule has 1 N–H and O–H groups in total. The van der Waals surface area contributed by atoms with Gasteiger partial charge >= 0.3 is 0 Å². The molecule has 4 rings (SSSR count). The van der Waals surface area contributed by atoms with Crippen molar-refractivity contribution in [1.82, 2.24) is 9.88 Å². The molecule has 23 heavy (non-hydrogen) atoms. The molecule has 124 valence electrons. The lowest BCUT2D eigenvalue weighted by Gasteiger charge is -2.26. The third-order valence-electron chi connectivity index (χ3n) is 5.52. The van der Waals surface area contributed by atoms with Crippen LogP contribution < -0.4 is 0 Å². The maximum Gasteiger partial charge on any atom is 0.150 e. The van der Waals surface area contributed by atoms with E-state index in [1.165, 1.54) is 22.9 Å². The summed E-state index contributed by atoms with van der Waals surface area (Å²) in [6.07, 6.45) is 5.06. The maximum atomic E-state index is 11.5. The van der Waals surface area contributed by atoms with E-state index in [-0.39, 0.29) is 0 Å². The van der Waals surface area contributed by atoms with Crippen LogP contribution in [0.2, 0.25) is 0 Å². The Morgan fingerprint density at radius 2 is 1.91 bits per heavy atom. The van der Waals surface area contributed by atoms with Gasteiger partial charge in [-0.15, -0.1) is 0 Å². The quantitative estimate of drug-likeness (QED) is 0.940. The van der Waals surface area contributed by atoms with Crippen molar-refractivity contribution in [3.05, 3.63) is 36.0 Å². The molecule has 1 aromatic carbocycles. The van der Waals surface area contributed by atoms with Crippen molar-refractivity contribution < 1.29 is 8.42 Å². The number of nitrogens with one attached hydrogen (secondary N) is 1. The predicted molar refractivity (Wildman–Crippen MR) is 93.5 cm³/mol. The van der Waals surface area contributed by atoms with Gasteiger partial charge in [0.2, 0.25) is 0 Å². The number of sulfone groups is 1. The summed E-state index contributed by atoms with van der Waals surface area (Å²) in [6, 6.07) is 8.51. The van der Waals surface area contributed by atoms with Crippen molar-refractivity contribution in [2.45, 2.75) is 25.2 Å². The minimum atomic E-state index is -2.74. The SMILES string of the molecule is O=S1(=O)CCC(CN2CC[C@H](c3c[nH]c4ccccc34)C2)CC1. The summed E-state index contributed by atoms with van der Waals surface area (Å²) in [5.41, 5.74) is 2.66. The fourth-order valence-electron chi connectivity index (χ4n) is 4.17. The molecule has 4 nitrogen and oxygen atoms in total. The van der Waals surface area contributed by atoms with Crippen LogP contribution in [-0.4, -0.2) is 49.4 Å². The van der Waals surface area contributed by atoms with Crippen LogP contribution in [0.4, 0.5) is 0 Å². The monoisotopic (exact) mass is 332 g/mol. The van der Waals surface area contributed by atoms with E-state index in [2.05, 4.69) is 40.3 Å². The van der Waals surface area contributed by atoms with Crippen molar-refractivity contribution in [2.75, 3.05) is 31.1 Å². The molecule has 1 atom stereocenters. The lowest BCUT2D eigenvalue weighted by molar-refractivity contribution is 0.263. The van der Waals surface area contributed by atoms with Gasteiger partial charge in [-0.05, 0) is 49.3 Å². The highest BCUT2D eigenvalue weighted by Crippen LogP contribution is 2.33. The average molecular weight is 332 g/mol. The first kappa shape index (κ1) is 15.2. The van der Waals surface area contributed by atoms with E-state index in [4.69, 9.17) is 0 Å². The molecular weight excluding hydrogens is 308 g/mol. The zero-order valence-corrected chi connectivity index (χ0v) is 14.2. The molecule has 5 heteroatoms. The number of nitrogens with zero attached hydrogens (tertiary/aromatic N) is 1. The van der Waals surface area contributed by atoms with Crippen LogP contribution in [0.3, 0.4) is 0 Å². The lowest BCUT2D eigenvalue weighted by atomic mass is 9.98. The number of aromatic amines is 1. The summed E-state index contributed by atoms with van der Waals surface area (Å²) in [5.74, 6) is 1.92. The Morgan fingerprint density at radius 3 is 2.74 bits per heavy atom. The number of likely N-dealkylation sites (tertiary alicyclic amines) is 1. The molecule has 0 unspecified atom stereocenters. The zero-order valence-electron chi connectivity index (χ0n) is 13.4. The lowest BCUT2D eigenvalue weighted by Crippen LogP contribution is -2.33. The Kier molecular flexibility index (Phi) is 3.93. The van der Waals surface area contributed by atoms with E-state index in [1.807, 2.05) is 0 Å². The predicted octanol–water partition coefficient (Wildman–Crippen LogP) is 2.78. The van der Waals surface area contributed by atoms with Crippen molar-refractivity contribution in [1.29, 1.82) is 0 Å². The summed E-state index contributed by atoms with van der Waals surface area (Å²) >= 11 is 0. The summed E-state index contributed by atoms with van der Waals surface area (Å²) in [4.78, 5) is 5.92. The van der Waals surface area contributed by atoms with Crippen LogP contribution >= 0.6 is 0 Å². The van der Waals surface area contributed by atoms with Crippen LogP contribution in [0.5, 0.6) is 0 Å². The molecule has 1 aromatic heterocycles. The van der Waals surface area contributed by atoms with Crippen molar-refractivity contribution >= 4 is 20.7 Å². The molecule has 2 aliphatic heterocycles. The molecule has 0 amide bonds. The smallest absolute Gasteiger partial charge is 0.150 e. The van der Waals surface area contributed by atoms with Gasteiger partial charge in [0.1, 0.15) is 9.84 Å². The van der Waals surface area contributed by atoms with E-state index in [0.29, 0.717) is 23.3 Å². The average Bonchev–Trinajstić information content (AvgIpc) is 3.16. The number of hydrogen-bond donors (Lipinski definition) is 1. The number of fused-ring (bicyclic) bond motifs is 1. The summed E-state index contributed by atoms with van der Waals surface area (Å²) < 4.78 is 23.1. The minimum Gasteiger partial charge on any atom is -0.361 e. The van der Waals surface area contributed by atoms with Crippen LogP contribution in [0.15, 0.2) is 30.5 Å². The first-order chi connectivity index (χ1) is 11.1. The second-order valence-electron chi connectivity index (χ2n) is 7.13. The molecule has 0 saturated carbocycles. The van der Waals surface area contributed by atoms with E-state index >= 15 is 0 Å². The van der Waals surface area contributed by atoms with Gasteiger partial charge in [0.25, 0.3) is 0 Å². The van der Waals surface area contributed by atoms with E-state index < -0.39 is 9.84 Å². The fraction of sp³-hybridized carbons (Fsp3) is 0.556. The second kappa shape index (κ2) is 5.95. The first-order valence-corrected chi connectivity index (χ1v) is 10.4.